The standard InChI is InChI=1S/C13H20N4O2S/c1-20-12-5-11(15-9-16-12)17-4-2-3-10(8-17)6-14-7-13(18)19/h5,9-10,14H,2-4,6-8H2,1H3,(H,18,19). The SMILES string of the molecule is CSc1cc(N2CCCC(CNCC(=O)O)C2)ncn1. The van der Waals surface area contributed by atoms with Gasteiger partial charge in [0.2, 0.25) is 0 Å². The van der Waals surface area contributed by atoms with E-state index in [1.54, 1.807) is 18.1 Å². The summed E-state index contributed by atoms with van der Waals surface area (Å²) in [4.78, 5) is 21.3. The van der Waals surface area contributed by atoms with Crippen LogP contribution in [0.4, 0.5) is 5.82 Å². The van der Waals surface area contributed by atoms with E-state index < -0.39 is 5.97 Å². The van der Waals surface area contributed by atoms with Crippen molar-refractivity contribution in [2.24, 2.45) is 5.92 Å². The average Bonchev–Trinajstić information content (AvgIpc) is 2.47. The summed E-state index contributed by atoms with van der Waals surface area (Å²) in [5.41, 5.74) is 0. The monoisotopic (exact) mass is 296 g/mol. The summed E-state index contributed by atoms with van der Waals surface area (Å²) in [6.07, 6.45) is 5.84. The van der Waals surface area contributed by atoms with Crippen LogP contribution in [-0.4, -0.2) is 53.5 Å². The molecule has 1 aromatic rings. The minimum absolute atomic E-state index is 0.0284. The van der Waals surface area contributed by atoms with Crippen LogP contribution < -0.4 is 10.2 Å². The summed E-state index contributed by atoms with van der Waals surface area (Å²) in [5, 5.41) is 12.6. The summed E-state index contributed by atoms with van der Waals surface area (Å²) < 4.78 is 0. The molecule has 0 amide bonds. The predicted molar refractivity (Wildman–Crippen MR) is 79.3 cm³/mol. The van der Waals surface area contributed by atoms with Gasteiger partial charge in [0.1, 0.15) is 17.2 Å². The molecule has 6 nitrogen and oxygen atoms in total. The number of anilines is 1. The zero-order chi connectivity index (χ0) is 14.4. The Kier molecular flexibility index (Phi) is 5.60. The van der Waals surface area contributed by atoms with Crippen LogP contribution in [0.3, 0.4) is 0 Å². The van der Waals surface area contributed by atoms with Crippen molar-refractivity contribution >= 4 is 23.5 Å². The Hall–Kier alpha value is -1.34. The molecule has 20 heavy (non-hydrogen) atoms. The third-order valence-corrected chi connectivity index (χ3v) is 4.03. The number of aliphatic carboxylic acids is 1. The molecular formula is C13H20N4O2S. The Balaban J connectivity index is 1.90. The highest BCUT2D eigenvalue weighted by molar-refractivity contribution is 7.98. The maximum atomic E-state index is 10.5. The number of nitrogens with one attached hydrogen (secondary N) is 1. The van der Waals surface area contributed by atoms with Gasteiger partial charge in [-0.25, -0.2) is 9.97 Å². The molecule has 0 bridgehead atoms. The van der Waals surface area contributed by atoms with Crippen molar-refractivity contribution in [3.8, 4) is 0 Å². The van der Waals surface area contributed by atoms with Gasteiger partial charge in [-0.05, 0) is 25.0 Å². The van der Waals surface area contributed by atoms with Gasteiger partial charge in [0.05, 0.1) is 6.54 Å². The fourth-order valence-electron chi connectivity index (χ4n) is 2.44. The normalized spacial score (nSPS) is 19.1. The average molecular weight is 296 g/mol. The van der Waals surface area contributed by atoms with E-state index >= 15 is 0 Å². The number of carbonyl (C=O) groups is 1. The molecule has 1 fully saturated rings. The van der Waals surface area contributed by atoms with Crippen LogP contribution in [0.25, 0.3) is 0 Å². The summed E-state index contributed by atoms with van der Waals surface area (Å²) >= 11 is 1.61. The van der Waals surface area contributed by atoms with Gasteiger partial charge in [-0.1, -0.05) is 0 Å². The Labute approximate surface area is 123 Å². The molecule has 2 N–H and O–H groups in total. The first-order valence-corrected chi connectivity index (χ1v) is 7.95. The van der Waals surface area contributed by atoms with Crippen LogP contribution in [0, 0.1) is 5.92 Å². The highest BCUT2D eigenvalue weighted by atomic mass is 32.2. The minimum atomic E-state index is -0.807. The van der Waals surface area contributed by atoms with E-state index in [0.29, 0.717) is 5.92 Å². The largest absolute Gasteiger partial charge is 0.480 e. The molecular weight excluding hydrogens is 276 g/mol. The van der Waals surface area contributed by atoms with Crippen molar-refractivity contribution in [1.82, 2.24) is 15.3 Å². The van der Waals surface area contributed by atoms with Crippen LogP contribution in [0.15, 0.2) is 17.4 Å². The zero-order valence-corrected chi connectivity index (χ0v) is 12.4. The van der Waals surface area contributed by atoms with Crippen LogP contribution in [-0.2, 0) is 4.79 Å². The van der Waals surface area contributed by atoms with Crippen molar-refractivity contribution in [2.75, 3.05) is 37.3 Å². The number of nitrogens with zero attached hydrogens (tertiary/aromatic N) is 3. The van der Waals surface area contributed by atoms with E-state index in [1.807, 2.05) is 12.3 Å². The number of carboxylic acid groups (broad SMARTS) is 1. The topological polar surface area (TPSA) is 78.4 Å². The molecule has 1 aromatic heterocycles. The molecule has 1 aliphatic rings. The van der Waals surface area contributed by atoms with Gasteiger partial charge in [-0.15, -0.1) is 11.8 Å². The maximum Gasteiger partial charge on any atom is 0.317 e. The molecule has 0 spiro atoms. The second-order valence-corrected chi connectivity index (χ2v) is 5.72. The fraction of sp³-hybridized carbons (Fsp3) is 0.615. The van der Waals surface area contributed by atoms with Crippen molar-refractivity contribution in [2.45, 2.75) is 17.9 Å². The van der Waals surface area contributed by atoms with E-state index in [0.717, 1.165) is 43.3 Å². The summed E-state index contributed by atoms with van der Waals surface area (Å²) in [7, 11) is 0. The number of rotatable bonds is 6. The molecule has 1 aliphatic heterocycles. The first-order chi connectivity index (χ1) is 9.69. The molecule has 0 radical (unpaired) electrons. The lowest BCUT2D eigenvalue weighted by molar-refractivity contribution is -0.136. The van der Waals surface area contributed by atoms with Gasteiger partial charge in [-0.2, -0.15) is 0 Å². The lowest BCUT2D eigenvalue weighted by atomic mass is 9.98. The molecule has 0 saturated carbocycles. The highest BCUT2D eigenvalue weighted by Gasteiger charge is 2.21. The Morgan fingerprint density at radius 1 is 1.60 bits per heavy atom. The number of thioether (sulfide) groups is 1. The third-order valence-electron chi connectivity index (χ3n) is 3.39. The first-order valence-electron chi connectivity index (χ1n) is 6.72. The molecule has 1 saturated heterocycles. The van der Waals surface area contributed by atoms with Gasteiger partial charge in [0.15, 0.2) is 0 Å². The van der Waals surface area contributed by atoms with E-state index in [1.165, 1.54) is 0 Å². The maximum absolute atomic E-state index is 10.5. The Bertz CT molecular complexity index is 458. The van der Waals surface area contributed by atoms with Crippen LogP contribution >= 0.6 is 11.8 Å². The second-order valence-electron chi connectivity index (χ2n) is 4.90. The molecule has 0 aromatic carbocycles. The summed E-state index contributed by atoms with van der Waals surface area (Å²) in [6, 6.07) is 2.01. The van der Waals surface area contributed by atoms with Gasteiger partial charge in [0.25, 0.3) is 0 Å². The quantitative estimate of drug-likeness (QED) is 0.601. The van der Waals surface area contributed by atoms with Crippen LogP contribution in [0.1, 0.15) is 12.8 Å². The number of hydrogen-bond donors (Lipinski definition) is 2. The number of aromatic nitrogens is 2. The van der Waals surface area contributed by atoms with E-state index in [-0.39, 0.29) is 6.54 Å². The lowest BCUT2D eigenvalue weighted by Gasteiger charge is -2.33. The summed E-state index contributed by atoms with van der Waals surface area (Å²) in [6.45, 7) is 2.68. The Morgan fingerprint density at radius 2 is 2.45 bits per heavy atom. The van der Waals surface area contributed by atoms with Crippen molar-refractivity contribution in [3.63, 3.8) is 0 Å². The van der Waals surface area contributed by atoms with E-state index in [9.17, 15) is 4.79 Å². The first kappa shape index (κ1) is 15.1. The van der Waals surface area contributed by atoms with Crippen molar-refractivity contribution in [3.05, 3.63) is 12.4 Å². The van der Waals surface area contributed by atoms with Gasteiger partial charge in [0, 0.05) is 25.7 Å². The molecule has 0 aliphatic carbocycles. The molecule has 110 valence electrons. The Morgan fingerprint density at radius 3 is 3.20 bits per heavy atom. The van der Waals surface area contributed by atoms with Crippen LogP contribution in [0.5, 0.6) is 0 Å². The summed E-state index contributed by atoms with van der Waals surface area (Å²) in [5.74, 6) is 0.626. The molecule has 2 heterocycles. The highest BCUT2D eigenvalue weighted by Crippen LogP contribution is 2.23. The van der Waals surface area contributed by atoms with Gasteiger partial charge in [-0.3, -0.25) is 4.79 Å². The van der Waals surface area contributed by atoms with Crippen LogP contribution in [0.2, 0.25) is 0 Å². The molecule has 1 atom stereocenters. The fourth-order valence-corrected chi connectivity index (χ4v) is 2.81. The smallest absolute Gasteiger partial charge is 0.317 e. The molecule has 1 unspecified atom stereocenters. The van der Waals surface area contributed by atoms with E-state index in [4.69, 9.17) is 5.11 Å². The van der Waals surface area contributed by atoms with Gasteiger partial charge >= 0.3 is 5.97 Å². The second kappa shape index (κ2) is 7.44. The van der Waals surface area contributed by atoms with Gasteiger partial charge < -0.3 is 15.3 Å². The number of carboxylic acids is 1. The van der Waals surface area contributed by atoms with Crippen molar-refractivity contribution < 1.29 is 9.90 Å². The lowest BCUT2D eigenvalue weighted by Crippen LogP contribution is -2.41. The number of hydrogen-bond acceptors (Lipinski definition) is 6. The third kappa shape index (κ3) is 4.35. The van der Waals surface area contributed by atoms with E-state index in [2.05, 4.69) is 20.2 Å². The zero-order valence-electron chi connectivity index (χ0n) is 11.6. The number of piperidine rings is 1. The molecule has 7 heteroatoms. The van der Waals surface area contributed by atoms with Crippen molar-refractivity contribution in [1.29, 1.82) is 0 Å². The molecule has 2 rings (SSSR count). The predicted octanol–water partition coefficient (Wildman–Crippen LogP) is 1.09. The minimum Gasteiger partial charge on any atom is -0.480 e.